The molecule has 0 radical (unpaired) electrons. The quantitative estimate of drug-likeness (QED) is 0.390. The van der Waals surface area contributed by atoms with Crippen LogP contribution in [0.15, 0.2) is 9.41 Å². The summed E-state index contributed by atoms with van der Waals surface area (Å²) in [4.78, 5) is 24.1. The largest absolute Gasteiger partial charge is 0.483 e. The molecule has 0 spiro atoms. The van der Waals surface area contributed by atoms with Crippen LogP contribution in [0.4, 0.5) is 11.5 Å². The molecular weight excluding hydrogens is 402 g/mol. The Morgan fingerprint density at radius 2 is 2.00 bits per heavy atom. The highest BCUT2D eigenvalue weighted by atomic mass is 16.5. The molecule has 0 aliphatic carbocycles. The molecule has 1 fully saturated rings. The third-order valence-electron chi connectivity index (χ3n) is 5.41. The molecule has 9 nitrogen and oxygen atoms in total. The topological polar surface area (TPSA) is 95.6 Å². The minimum atomic E-state index is -0.572. The van der Waals surface area contributed by atoms with E-state index in [1.807, 2.05) is 20.8 Å². The van der Waals surface area contributed by atoms with E-state index < -0.39 is 5.97 Å². The van der Waals surface area contributed by atoms with Gasteiger partial charge in [-0.25, -0.2) is 9.79 Å². The molecule has 1 saturated heterocycles. The molecule has 31 heavy (non-hydrogen) atoms. The second-order valence-corrected chi connectivity index (χ2v) is 8.09. The van der Waals surface area contributed by atoms with Crippen LogP contribution in [0, 0.1) is 0 Å². The first-order valence-corrected chi connectivity index (χ1v) is 10.7. The van der Waals surface area contributed by atoms with Gasteiger partial charge < -0.3 is 28.3 Å². The van der Waals surface area contributed by atoms with Crippen LogP contribution in [0.3, 0.4) is 0 Å². The first kappa shape index (κ1) is 21.6. The normalized spacial score (nSPS) is 18.4. The van der Waals surface area contributed by atoms with Crippen molar-refractivity contribution in [2.24, 2.45) is 4.99 Å². The number of rotatable bonds is 6. The third kappa shape index (κ3) is 4.24. The lowest BCUT2D eigenvalue weighted by Crippen LogP contribution is -2.39. The van der Waals surface area contributed by atoms with Crippen LogP contribution in [0.25, 0.3) is 11.1 Å². The number of aliphatic imine (C=N–C) groups is 1. The van der Waals surface area contributed by atoms with Crippen molar-refractivity contribution < 1.29 is 28.2 Å². The number of ether oxygens (including phenoxy) is 4. The Labute approximate surface area is 181 Å². The van der Waals surface area contributed by atoms with Crippen LogP contribution in [-0.2, 0) is 32.0 Å². The summed E-state index contributed by atoms with van der Waals surface area (Å²) >= 11 is 0. The van der Waals surface area contributed by atoms with Crippen LogP contribution in [0.5, 0.6) is 0 Å². The number of hydrogen-bond acceptors (Lipinski definition) is 9. The average Bonchev–Trinajstić information content (AvgIpc) is 3.12. The first-order chi connectivity index (χ1) is 14.9. The SMILES string of the molecule is CCO/C=N/c1c(C(=O)OCC)oc2nc(N3CCOCC3)c3c(c12)CC(C)(C)OC3. The Kier molecular flexibility index (Phi) is 6.15. The van der Waals surface area contributed by atoms with Gasteiger partial charge in [-0.2, -0.15) is 4.98 Å². The summed E-state index contributed by atoms with van der Waals surface area (Å²) in [6, 6.07) is 0. The Hall–Kier alpha value is -2.65. The van der Waals surface area contributed by atoms with Gasteiger partial charge in [0.1, 0.15) is 11.5 Å². The number of esters is 1. The third-order valence-corrected chi connectivity index (χ3v) is 5.41. The summed E-state index contributed by atoms with van der Waals surface area (Å²) in [5.74, 6) is 0.272. The molecule has 9 heteroatoms. The molecule has 0 unspecified atom stereocenters. The van der Waals surface area contributed by atoms with Gasteiger partial charge in [-0.15, -0.1) is 0 Å². The highest BCUT2D eigenvalue weighted by molar-refractivity contribution is 6.05. The van der Waals surface area contributed by atoms with Crippen LogP contribution in [0.1, 0.15) is 49.4 Å². The Morgan fingerprint density at radius 1 is 1.23 bits per heavy atom. The van der Waals surface area contributed by atoms with E-state index in [-0.39, 0.29) is 18.0 Å². The fourth-order valence-corrected chi connectivity index (χ4v) is 3.96. The zero-order valence-electron chi connectivity index (χ0n) is 18.5. The smallest absolute Gasteiger partial charge is 0.376 e. The van der Waals surface area contributed by atoms with Crippen molar-refractivity contribution in [1.29, 1.82) is 0 Å². The van der Waals surface area contributed by atoms with Gasteiger partial charge in [-0.05, 0) is 33.3 Å². The van der Waals surface area contributed by atoms with Crippen molar-refractivity contribution in [2.45, 2.75) is 46.3 Å². The van der Waals surface area contributed by atoms with Gasteiger partial charge in [0.25, 0.3) is 0 Å². The second-order valence-electron chi connectivity index (χ2n) is 8.09. The highest BCUT2D eigenvalue weighted by Gasteiger charge is 2.35. The van der Waals surface area contributed by atoms with Crippen LogP contribution >= 0.6 is 0 Å². The van der Waals surface area contributed by atoms with Crippen LogP contribution in [-0.4, -0.2) is 62.5 Å². The minimum Gasteiger partial charge on any atom is -0.483 e. The molecule has 0 N–H and O–H groups in total. The van der Waals surface area contributed by atoms with Gasteiger partial charge in [-0.3, -0.25) is 0 Å². The lowest BCUT2D eigenvalue weighted by atomic mass is 9.89. The number of hydrogen-bond donors (Lipinski definition) is 0. The summed E-state index contributed by atoms with van der Waals surface area (Å²) < 4.78 is 28.1. The van der Waals surface area contributed by atoms with E-state index >= 15 is 0 Å². The van der Waals surface area contributed by atoms with E-state index in [0.29, 0.717) is 49.6 Å². The fraction of sp³-hybridized carbons (Fsp3) is 0.591. The summed E-state index contributed by atoms with van der Waals surface area (Å²) in [7, 11) is 0. The second kappa shape index (κ2) is 8.84. The lowest BCUT2D eigenvalue weighted by Gasteiger charge is -2.36. The summed E-state index contributed by atoms with van der Waals surface area (Å²) in [5, 5.41) is 0.711. The molecule has 0 bridgehead atoms. The number of anilines is 1. The zero-order valence-corrected chi connectivity index (χ0v) is 18.5. The van der Waals surface area contributed by atoms with Gasteiger partial charge in [0, 0.05) is 25.1 Å². The van der Waals surface area contributed by atoms with E-state index in [1.54, 1.807) is 6.92 Å². The van der Waals surface area contributed by atoms with E-state index in [2.05, 4.69) is 9.89 Å². The van der Waals surface area contributed by atoms with Crippen molar-refractivity contribution in [3.05, 3.63) is 16.9 Å². The maximum atomic E-state index is 12.6. The molecule has 2 aromatic heterocycles. The Bertz CT molecular complexity index is 991. The van der Waals surface area contributed by atoms with Gasteiger partial charge in [0.15, 0.2) is 6.40 Å². The molecule has 4 heterocycles. The lowest BCUT2D eigenvalue weighted by molar-refractivity contribution is -0.0396. The number of morpholine rings is 1. The van der Waals surface area contributed by atoms with Crippen LogP contribution < -0.4 is 4.90 Å². The van der Waals surface area contributed by atoms with Crippen molar-refractivity contribution in [3.8, 4) is 0 Å². The fourth-order valence-electron chi connectivity index (χ4n) is 3.96. The molecule has 4 rings (SSSR count). The standard InChI is InChI=1S/C22H29N3O6/c1-5-27-13-23-17-16-14-11-22(3,4)30-12-15(14)19(25-7-9-28-10-8-25)24-20(16)31-18(17)21(26)29-6-2/h13H,5-12H2,1-4H3/b23-13+. The molecule has 0 atom stereocenters. The maximum absolute atomic E-state index is 12.6. The predicted octanol–water partition coefficient (Wildman–Crippen LogP) is 3.39. The Morgan fingerprint density at radius 3 is 2.71 bits per heavy atom. The zero-order chi connectivity index (χ0) is 22.0. The molecule has 2 aliphatic rings. The number of carbonyl (C=O) groups excluding carboxylic acids is 1. The molecule has 0 aromatic carbocycles. The number of fused-ring (bicyclic) bond motifs is 3. The number of nitrogens with zero attached hydrogens (tertiary/aromatic N) is 3. The Balaban J connectivity index is 1.95. The highest BCUT2D eigenvalue weighted by Crippen LogP contribution is 2.43. The number of carbonyl (C=O) groups is 1. The van der Waals surface area contributed by atoms with Gasteiger partial charge >= 0.3 is 5.97 Å². The predicted molar refractivity (Wildman–Crippen MR) is 115 cm³/mol. The first-order valence-electron chi connectivity index (χ1n) is 10.7. The minimum absolute atomic E-state index is 0.0333. The van der Waals surface area contributed by atoms with E-state index in [9.17, 15) is 4.79 Å². The average molecular weight is 431 g/mol. The van der Waals surface area contributed by atoms with Crippen molar-refractivity contribution in [2.75, 3.05) is 44.4 Å². The molecular formula is C22H29N3O6. The van der Waals surface area contributed by atoms with E-state index in [4.69, 9.17) is 28.3 Å². The molecule has 2 aliphatic heterocycles. The van der Waals surface area contributed by atoms with E-state index in [1.165, 1.54) is 6.40 Å². The molecule has 0 amide bonds. The number of aromatic nitrogens is 1. The summed E-state index contributed by atoms with van der Waals surface area (Å²) in [6.45, 7) is 11.6. The number of furan rings is 1. The summed E-state index contributed by atoms with van der Waals surface area (Å²) in [5.41, 5.74) is 2.41. The summed E-state index contributed by atoms with van der Waals surface area (Å²) in [6.07, 6.45) is 1.97. The number of pyridine rings is 1. The molecule has 2 aromatic rings. The van der Waals surface area contributed by atoms with Crippen molar-refractivity contribution >= 4 is 35.0 Å². The van der Waals surface area contributed by atoms with Crippen molar-refractivity contribution in [1.82, 2.24) is 4.98 Å². The van der Waals surface area contributed by atoms with Gasteiger partial charge in [0.2, 0.25) is 11.5 Å². The van der Waals surface area contributed by atoms with Crippen molar-refractivity contribution in [3.63, 3.8) is 0 Å². The maximum Gasteiger partial charge on any atom is 0.376 e. The van der Waals surface area contributed by atoms with Gasteiger partial charge in [-0.1, -0.05) is 0 Å². The van der Waals surface area contributed by atoms with Crippen LogP contribution in [0.2, 0.25) is 0 Å². The molecule has 168 valence electrons. The molecule has 0 saturated carbocycles. The van der Waals surface area contributed by atoms with Gasteiger partial charge in [0.05, 0.1) is 44.0 Å². The monoisotopic (exact) mass is 431 g/mol. The van der Waals surface area contributed by atoms with E-state index in [0.717, 1.165) is 30.0 Å².